The van der Waals surface area contributed by atoms with E-state index in [1.807, 2.05) is 42.5 Å². The van der Waals surface area contributed by atoms with E-state index < -0.39 is 0 Å². The van der Waals surface area contributed by atoms with Gasteiger partial charge in [0.25, 0.3) is 0 Å². The molecule has 1 aliphatic rings. The second-order valence-electron chi connectivity index (χ2n) is 8.36. The highest BCUT2D eigenvalue weighted by molar-refractivity contribution is 7.99. The molecule has 10 nitrogen and oxygen atoms in total. The number of H-pyrrole nitrogens is 1. The number of hydrogen-bond donors (Lipinski definition) is 3. The molecule has 5 rings (SSSR count). The third-order valence-corrected chi connectivity index (χ3v) is 6.65. The van der Waals surface area contributed by atoms with Crippen molar-refractivity contribution in [2.45, 2.75) is 29.8 Å². The summed E-state index contributed by atoms with van der Waals surface area (Å²) in [5.74, 6) is 2.42. The fourth-order valence-electron chi connectivity index (χ4n) is 3.84. The average Bonchev–Trinajstić information content (AvgIpc) is 3.57. The van der Waals surface area contributed by atoms with Crippen molar-refractivity contribution >= 4 is 35.2 Å². The maximum atomic E-state index is 5.84. The van der Waals surface area contributed by atoms with Gasteiger partial charge in [-0.3, -0.25) is 10.00 Å². The van der Waals surface area contributed by atoms with E-state index in [1.165, 1.54) is 24.6 Å². The SMILES string of the molecule is CCCCN1CCN(c2nc(Nc3cc(-c4ccco4)[nH]n3)nc(Sc3ccc(N)cc3)n2)CC1. The number of aromatic nitrogens is 5. The molecule has 0 atom stereocenters. The first-order chi connectivity index (χ1) is 17.2. The van der Waals surface area contributed by atoms with Gasteiger partial charge >= 0.3 is 0 Å². The first-order valence-electron chi connectivity index (χ1n) is 11.8. The summed E-state index contributed by atoms with van der Waals surface area (Å²) in [7, 11) is 0. The van der Waals surface area contributed by atoms with Gasteiger partial charge in [0, 0.05) is 42.8 Å². The summed E-state index contributed by atoms with van der Waals surface area (Å²) in [5.41, 5.74) is 7.33. The molecule has 0 aliphatic carbocycles. The number of benzene rings is 1. The molecule has 0 saturated carbocycles. The summed E-state index contributed by atoms with van der Waals surface area (Å²) in [6.07, 6.45) is 4.07. The lowest BCUT2D eigenvalue weighted by Crippen LogP contribution is -2.47. The van der Waals surface area contributed by atoms with Crippen LogP contribution in [0.3, 0.4) is 0 Å². The van der Waals surface area contributed by atoms with Crippen LogP contribution in [0.1, 0.15) is 19.8 Å². The van der Waals surface area contributed by atoms with E-state index >= 15 is 0 Å². The van der Waals surface area contributed by atoms with Gasteiger partial charge in [0.15, 0.2) is 16.7 Å². The molecule has 182 valence electrons. The molecule has 0 bridgehead atoms. The maximum Gasteiger partial charge on any atom is 0.234 e. The van der Waals surface area contributed by atoms with Crippen LogP contribution in [0.25, 0.3) is 11.5 Å². The van der Waals surface area contributed by atoms with Crippen molar-refractivity contribution in [3.05, 3.63) is 48.7 Å². The van der Waals surface area contributed by atoms with Crippen LogP contribution in [-0.4, -0.2) is 62.8 Å². The molecular weight excluding hydrogens is 462 g/mol. The fourth-order valence-corrected chi connectivity index (χ4v) is 4.58. The highest BCUT2D eigenvalue weighted by atomic mass is 32.2. The molecule has 4 aromatic rings. The average molecular weight is 492 g/mol. The van der Waals surface area contributed by atoms with Crippen LogP contribution >= 0.6 is 11.8 Å². The molecule has 11 heteroatoms. The highest BCUT2D eigenvalue weighted by Gasteiger charge is 2.21. The first kappa shape index (κ1) is 23.2. The Hall–Kier alpha value is -3.57. The van der Waals surface area contributed by atoms with Gasteiger partial charge < -0.3 is 20.4 Å². The molecule has 0 amide bonds. The number of nitrogen functional groups attached to an aromatic ring is 1. The second-order valence-corrected chi connectivity index (χ2v) is 9.40. The van der Waals surface area contributed by atoms with Crippen molar-refractivity contribution in [1.82, 2.24) is 30.0 Å². The van der Waals surface area contributed by atoms with E-state index in [0.717, 1.165) is 49.0 Å². The van der Waals surface area contributed by atoms with Crippen LogP contribution in [0.5, 0.6) is 0 Å². The summed E-state index contributed by atoms with van der Waals surface area (Å²) < 4.78 is 5.45. The van der Waals surface area contributed by atoms with Crippen molar-refractivity contribution in [3.8, 4) is 11.5 Å². The van der Waals surface area contributed by atoms with Gasteiger partial charge in [0.1, 0.15) is 5.69 Å². The molecule has 1 aliphatic heterocycles. The van der Waals surface area contributed by atoms with Crippen LogP contribution in [-0.2, 0) is 0 Å². The van der Waals surface area contributed by atoms with Gasteiger partial charge in [-0.1, -0.05) is 13.3 Å². The lowest BCUT2D eigenvalue weighted by atomic mass is 10.2. The molecule has 0 unspecified atom stereocenters. The Morgan fingerprint density at radius 3 is 2.66 bits per heavy atom. The minimum absolute atomic E-state index is 0.443. The van der Waals surface area contributed by atoms with Crippen LogP contribution in [0.2, 0.25) is 0 Å². The molecule has 0 radical (unpaired) electrons. The number of nitrogens with one attached hydrogen (secondary N) is 2. The molecule has 4 heterocycles. The number of furan rings is 1. The summed E-state index contributed by atoms with van der Waals surface area (Å²) in [4.78, 5) is 19.9. The largest absolute Gasteiger partial charge is 0.463 e. The molecule has 4 N–H and O–H groups in total. The number of anilines is 4. The number of nitrogens with zero attached hydrogens (tertiary/aromatic N) is 6. The monoisotopic (exact) mass is 491 g/mol. The summed E-state index contributed by atoms with van der Waals surface area (Å²) in [6, 6.07) is 13.3. The van der Waals surface area contributed by atoms with Gasteiger partial charge in [-0.05, 0) is 61.1 Å². The Kier molecular flexibility index (Phi) is 7.15. The van der Waals surface area contributed by atoms with E-state index in [9.17, 15) is 0 Å². The Labute approximate surface area is 208 Å². The van der Waals surface area contributed by atoms with E-state index in [1.54, 1.807) is 6.26 Å². The number of unbranched alkanes of at least 4 members (excludes halogenated alkanes) is 1. The number of piperazine rings is 1. The third kappa shape index (κ3) is 5.92. The molecule has 0 spiro atoms. The number of aromatic amines is 1. The normalized spacial score (nSPS) is 14.4. The minimum Gasteiger partial charge on any atom is -0.463 e. The van der Waals surface area contributed by atoms with Gasteiger partial charge in [-0.15, -0.1) is 0 Å². The van der Waals surface area contributed by atoms with E-state index in [0.29, 0.717) is 28.6 Å². The Morgan fingerprint density at radius 1 is 1.09 bits per heavy atom. The Bertz CT molecular complexity index is 1220. The predicted octanol–water partition coefficient (Wildman–Crippen LogP) is 4.25. The van der Waals surface area contributed by atoms with Gasteiger partial charge in [0.05, 0.1) is 6.26 Å². The zero-order valence-corrected chi connectivity index (χ0v) is 20.5. The fraction of sp³-hybridized carbons (Fsp3) is 0.333. The molecule has 1 saturated heterocycles. The van der Waals surface area contributed by atoms with Gasteiger partial charge in [0.2, 0.25) is 11.9 Å². The summed E-state index contributed by atoms with van der Waals surface area (Å²) >= 11 is 1.48. The lowest BCUT2D eigenvalue weighted by molar-refractivity contribution is 0.253. The second kappa shape index (κ2) is 10.8. The molecule has 1 fully saturated rings. The molecule has 1 aromatic carbocycles. The van der Waals surface area contributed by atoms with Crippen molar-refractivity contribution in [3.63, 3.8) is 0 Å². The van der Waals surface area contributed by atoms with Crippen molar-refractivity contribution in [2.75, 3.05) is 48.7 Å². The number of hydrogen-bond acceptors (Lipinski definition) is 10. The zero-order valence-electron chi connectivity index (χ0n) is 19.6. The van der Waals surface area contributed by atoms with Crippen LogP contribution in [0.4, 0.5) is 23.4 Å². The standard InChI is InChI=1S/C24H29N9OS/c1-2-3-10-32-11-13-33(14-12-32)23-27-22(26-21-16-19(30-31-21)20-5-4-15-34-20)28-24(29-23)35-18-8-6-17(25)7-9-18/h4-9,15-16H,2-3,10-14,25H2,1H3,(H2,26,27,28,29,30,31). The van der Waals surface area contributed by atoms with Gasteiger partial charge in [-0.2, -0.15) is 20.1 Å². The number of rotatable bonds is 9. The lowest BCUT2D eigenvalue weighted by Gasteiger charge is -2.34. The van der Waals surface area contributed by atoms with E-state index in [4.69, 9.17) is 20.1 Å². The Morgan fingerprint density at radius 2 is 1.91 bits per heavy atom. The van der Waals surface area contributed by atoms with E-state index in [-0.39, 0.29) is 0 Å². The van der Waals surface area contributed by atoms with Crippen molar-refractivity contribution in [2.24, 2.45) is 0 Å². The molecule has 3 aromatic heterocycles. The molecule has 35 heavy (non-hydrogen) atoms. The summed E-state index contributed by atoms with van der Waals surface area (Å²) in [5, 5.41) is 11.1. The van der Waals surface area contributed by atoms with Crippen LogP contribution in [0, 0.1) is 0 Å². The summed E-state index contributed by atoms with van der Waals surface area (Å²) in [6.45, 7) is 7.13. The highest BCUT2D eigenvalue weighted by Crippen LogP contribution is 2.29. The van der Waals surface area contributed by atoms with Crippen LogP contribution < -0.4 is 16.0 Å². The Balaban J connectivity index is 1.37. The van der Waals surface area contributed by atoms with E-state index in [2.05, 4.69) is 37.2 Å². The third-order valence-electron chi connectivity index (χ3n) is 5.78. The maximum absolute atomic E-state index is 5.84. The minimum atomic E-state index is 0.443. The topological polar surface area (TPSA) is 125 Å². The predicted molar refractivity (Wildman–Crippen MR) is 138 cm³/mol. The molecular formula is C24H29N9OS. The zero-order chi connectivity index (χ0) is 24.0. The quantitative estimate of drug-likeness (QED) is 0.293. The smallest absolute Gasteiger partial charge is 0.234 e. The van der Waals surface area contributed by atoms with Gasteiger partial charge in [-0.25, -0.2) is 0 Å². The van der Waals surface area contributed by atoms with Crippen molar-refractivity contribution < 1.29 is 4.42 Å². The van der Waals surface area contributed by atoms with Crippen LogP contribution in [0.15, 0.2) is 63.2 Å². The first-order valence-corrected chi connectivity index (χ1v) is 12.6. The number of nitrogens with two attached hydrogens (primary N) is 1. The van der Waals surface area contributed by atoms with Crippen molar-refractivity contribution in [1.29, 1.82) is 0 Å².